The predicted octanol–water partition coefficient (Wildman–Crippen LogP) is 4.13. The number of piperidine rings is 1. The van der Waals surface area contributed by atoms with Gasteiger partial charge in [-0.25, -0.2) is 0 Å². The number of ether oxygens (including phenoxy) is 1. The minimum atomic E-state index is -0.483. The number of nitrogens with one attached hydrogen (secondary N) is 2. The van der Waals surface area contributed by atoms with Crippen LogP contribution < -0.4 is 10.6 Å². The summed E-state index contributed by atoms with van der Waals surface area (Å²) in [5, 5.41) is 6.25. The molecule has 2 aliphatic rings. The van der Waals surface area contributed by atoms with E-state index in [0.717, 1.165) is 64.8 Å². The summed E-state index contributed by atoms with van der Waals surface area (Å²) < 4.78 is 5.77. The maximum absolute atomic E-state index is 13.7. The summed E-state index contributed by atoms with van der Waals surface area (Å²) in [4.78, 5) is 29.2. The Morgan fingerprint density at radius 3 is 2.38 bits per heavy atom. The molecule has 2 saturated heterocycles. The number of nitrogens with zero attached hydrogens (tertiary/aromatic N) is 1. The third kappa shape index (κ3) is 9.01. The molecule has 0 aromatic rings. The van der Waals surface area contributed by atoms with Crippen LogP contribution >= 0.6 is 0 Å². The zero-order chi connectivity index (χ0) is 23.8. The molecule has 0 radical (unpaired) electrons. The van der Waals surface area contributed by atoms with Crippen LogP contribution in [0.3, 0.4) is 0 Å². The lowest BCUT2D eigenvalue weighted by atomic mass is 9.73. The van der Waals surface area contributed by atoms with Crippen LogP contribution in [-0.4, -0.2) is 61.6 Å². The van der Waals surface area contributed by atoms with Gasteiger partial charge in [0.2, 0.25) is 11.8 Å². The van der Waals surface area contributed by atoms with Gasteiger partial charge in [-0.3, -0.25) is 9.59 Å². The standard InChI is InChI=1S/C26H49N3O3/c1-20(2)18-22-23(30)27-21(3)19-32-17-9-7-8-10-26(24(31)28-22)12-15-29(16-13-26)14-11-25(4,5)6/h20-22H,7-19H2,1-6H3,(H,27,30)(H,28,31)/t21-,22+/m1/s1. The summed E-state index contributed by atoms with van der Waals surface area (Å²) >= 11 is 0. The Hall–Kier alpha value is -1.14. The van der Waals surface area contributed by atoms with Gasteiger partial charge in [-0.2, -0.15) is 0 Å². The number of hydrogen-bond donors (Lipinski definition) is 2. The molecule has 0 aromatic carbocycles. The largest absolute Gasteiger partial charge is 0.379 e. The highest BCUT2D eigenvalue weighted by Gasteiger charge is 2.42. The molecule has 0 aliphatic carbocycles. The molecule has 0 unspecified atom stereocenters. The van der Waals surface area contributed by atoms with Crippen LogP contribution in [0.25, 0.3) is 0 Å². The monoisotopic (exact) mass is 451 g/mol. The molecule has 2 fully saturated rings. The second-order valence-electron chi connectivity index (χ2n) is 11.9. The van der Waals surface area contributed by atoms with E-state index >= 15 is 0 Å². The van der Waals surface area contributed by atoms with Gasteiger partial charge < -0.3 is 20.3 Å². The lowest BCUT2D eigenvalue weighted by molar-refractivity contribution is -0.139. The van der Waals surface area contributed by atoms with Crippen molar-refractivity contribution in [1.29, 1.82) is 0 Å². The van der Waals surface area contributed by atoms with Crippen molar-refractivity contribution < 1.29 is 14.3 Å². The Morgan fingerprint density at radius 1 is 1.06 bits per heavy atom. The van der Waals surface area contributed by atoms with E-state index in [1.165, 1.54) is 6.42 Å². The van der Waals surface area contributed by atoms with Crippen molar-refractivity contribution in [3.8, 4) is 0 Å². The maximum atomic E-state index is 13.7. The van der Waals surface area contributed by atoms with E-state index in [2.05, 4.69) is 50.2 Å². The molecule has 6 nitrogen and oxygen atoms in total. The van der Waals surface area contributed by atoms with E-state index in [1.54, 1.807) is 0 Å². The molecule has 32 heavy (non-hydrogen) atoms. The fourth-order valence-electron chi connectivity index (χ4n) is 4.79. The molecule has 186 valence electrons. The van der Waals surface area contributed by atoms with Gasteiger partial charge in [0, 0.05) is 12.6 Å². The molecule has 2 heterocycles. The van der Waals surface area contributed by atoms with Crippen LogP contribution in [0.5, 0.6) is 0 Å². The van der Waals surface area contributed by atoms with Gasteiger partial charge in [0.15, 0.2) is 0 Å². The van der Waals surface area contributed by atoms with Crippen LogP contribution in [0, 0.1) is 16.7 Å². The van der Waals surface area contributed by atoms with Crippen molar-refractivity contribution in [2.24, 2.45) is 16.7 Å². The molecule has 2 rings (SSSR count). The van der Waals surface area contributed by atoms with Crippen molar-refractivity contribution >= 4 is 11.8 Å². The van der Waals surface area contributed by atoms with Gasteiger partial charge in [-0.15, -0.1) is 0 Å². The molecular formula is C26H49N3O3. The summed E-state index contributed by atoms with van der Waals surface area (Å²) in [5.41, 5.74) is -0.0299. The lowest BCUT2D eigenvalue weighted by Gasteiger charge is -2.42. The van der Waals surface area contributed by atoms with Gasteiger partial charge >= 0.3 is 0 Å². The van der Waals surface area contributed by atoms with Crippen molar-refractivity contribution in [3.05, 3.63) is 0 Å². The van der Waals surface area contributed by atoms with Gasteiger partial charge in [0.05, 0.1) is 12.0 Å². The average Bonchev–Trinajstić information content (AvgIpc) is 2.70. The van der Waals surface area contributed by atoms with Crippen molar-refractivity contribution in [3.63, 3.8) is 0 Å². The third-order valence-electron chi connectivity index (χ3n) is 7.00. The number of carbonyl (C=O) groups excluding carboxylic acids is 2. The van der Waals surface area contributed by atoms with Crippen LogP contribution in [0.15, 0.2) is 0 Å². The third-order valence-corrected chi connectivity index (χ3v) is 7.00. The first-order valence-electron chi connectivity index (χ1n) is 12.9. The number of amides is 2. The first kappa shape index (κ1) is 27.1. The Labute approximate surface area is 196 Å². The highest BCUT2D eigenvalue weighted by molar-refractivity contribution is 5.90. The molecule has 2 atom stereocenters. The second-order valence-corrected chi connectivity index (χ2v) is 11.9. The lowest BCUT2D eigenvalue weighted by Crippen LogP contribution is -2.56. The van der Waals surface area contributed by atoms with Gasteiger partial charge in [-0.1, -0.05) is 47.5 Å². The average molecular weight is 452 g/mol. The molecule has 2 amide bonds. The first-order valence-corrected chi connectivity index (χ1v) is 12.9. The molecule has 2 N–H and O–H groups in total. The van der Waals surface area contributed by atoms with Crippen LogP contribution in [0.2, 0.25) is 0 Å². The van der Waals surface area contributed by atoms with Crippen LogP contribution in [-0.2, 0) is 14.3 Å². The Morgan fingerprint density at radius 2 is 1.75 bits per heavy atom. The molecule has 0 bridgehead atoms. The second kappa shape index (κ2) is 12.4. The van der Waals surface area contributed by atoms with Gasteiger partial charge in [0.25, 0.3) is 0 Å². The Kier molecular flexibility index (Phi) is 10.5. The number of hydrogen-bond acceptors (Lipinski definition) is 4. The zero-order valence-corrected chi connectivity index (χ0v) is 21.6. The smallest absolute Gasteiger partial charge is 0.242 e. The molecule has 0 saturated carbocycles. The van der Waals surface area contributed by atoms with Crippen LogP contribution in [0.4, 0.5) is 0 Å². The van der Waals surface area contributed by atoms with Crippen molar-refractivity contribution in [2.45, 2.75) is 105 Å². The molecule has 0 aromatic heterocycles. The Bertz CT molecular complexity index is 592. The van der Waals surface area contributed by atoms with Crippen molar-refractivity contribution in [2.75, 3.05) is 32.8 Å². The minimum absolute atomic E-state index is 0.0583. The summed E-state index contributed by atoms with van der Waals surface area (Å²) in [7, 11) is 0. The zero-order valence-electron chi connectivity index (χ0n) is 21.6. The fourth-order valence-corrected chi connectivity index (χ4v) is 4.79. The summed E-state index contributed by atoms with van der Waals surface area (Å²) in [6.07, 6.45) is 7.61. The molecular weight excluding hydrogens is 402 g/mol. The molecule has 6 heteroatoms. The van der Waals surface area contributed by atoms with E-state index in [4.69, 9.17) is 4.74 Å². The first-order chi connectivity index (χ1) is 15.0. The highest BCUT2D eigenvalue weighted by Crippen LogP contribution is 2.38. The SMILES string of the molecule is CC(C)C[C@@H]1NC(=O)C2(CCCCCOC[C@@H](C)NC1=O)CCN(CCC(C)(C)C)CC2. The normalized spacial score (nSPS) is 27.1. The van der Waals surface area contributed by atoms with E-state index in [1.807, 2.05) is 6.92 Å². The van der Waals surface area contributed by atoms with Crippen molar-refractivity contribution in [1.82, 2.24) is 15.5 Å². The molecule has 1 spiro atoms. The number of rotatable bonds is 4. The number of likely N-dealkylation sites (tertiary alicyclic amines) is 1. The number of carbonyl (C=O) groups is 2. The summed E-state index contributed by atoms with van der Waals surface area (Å²) in [6, 6.07) is -0.541. The van der Waals surface area contributed by atoms with E-state index < -0.39 is 6.04 Å². The van der Waals surface area contributed by atoms with Gasteiger partial charge in [-0.05, 0) is 76.4 Å². The van der Waals surface area contributed by atoms with Gasteiger partial charge in [0.1, 0.15) is 6.04 Å². The van der Waals surface area contributed by atoms with E-state index in [0.29, 0.717) is 24.4 Å². The van der Waals surface area contributed by atoms with E-state index in [9.17, 15) is 9.59 Å². The summed E-state index contributed by atoms with van der Waals surface area (Å²) in [5.74, 6) is 0.333. The van der Waals surface area contributed by atoms with Crippen LogP contribution in [0.1, 0.15) is 92.9 Å². The summed E-state index contributed by atoms with van der Waals surface area (Å²) in [6.45, 7) is 17.3. The fraction of sp³-hybridized carbons (Fsp3) is 0.923. The minimum Gasteiger partial charge on any atom is -0.379 e. The Balaban J connectivity index is 2.12. The quantitative estimate of drug-likeness (QED) is 0.674. The molecule has 2 aliphatic heterocycles. The highest BCUT2D eigenvalue weighted by atomic mass is 16.5. The predicted molar refractivity (Wildman–Crippen MR) is 130 cm³/mol. The maximum Gasteiger partial charge on any atom is 0.242 e. The topological polar surface area (TPSA) is 70.7 Å². The van der Waals surface area contributed by atoms with E-state index in [-0.39, 0.29) is 23.3 Å².